The number of aromatic nitrogens is 1. The molecular formula is C22H22N2O3S. The summed E-state index contributed by atoms with van der Waals surface area (Å²) >= 11 is 1.63. The van der Waals surface area contributed by atoms with Crippen molar-refractivity contribution >= 4 is 17.2 Å². The zero-order valence-corrected chi connectivity index (χ0v) is 16.7. The van der Waals surface area contributed by atoms with E-state index in [4.69, 9.17) is 9.47 Å². The number of benzene rings is 1. The molecule has 1 unspecified atom stereocenters. The van der Waals surface area contributed by atoms with Crippen molar-refractivity contribution in [2.45, 2.75) is 26.3 Å². The SMILES string of the molecule is Cc1nc(-c2cccs2)ccc1C(=O)NC(C)c1ccc2c(c1)OCCCO2. The number of ether oxygens (including phenoxy) is 2. The molecule has 0 aliphatic carbocycles. The van der Waals surface area contributed by atoms with Crippen LogP contribution in [-0.2, 0) is 0 Å². The highest BCUT2D eigenvalue weighted by Crippen LogP contribution is 2.32. The van der Waals surface area contributed by atoms with Gasteiger partial charge in [-0.3, -0.25) is 9.78 Å². The van der Waals surface area contributed by atoms with Crippen molar-refractivity contribution in [2.75, 3.05) is 13.2 Å². The van der Waals surface area contributed by atoms with Crippen LogP contribution in [-0.4, -0.2) is 24.1 Å². The standard InChI is InChI=1S/C22H22N2O3S/c1-14(16-6-9-19-20(13-16)27-11-4-10-26-19)24-22(25)17-7-8-18(23-15(17)2)21-5-3-12-28-21/h3,5-9,12-14H,4,10-11H2,1-2H3,(H,24,25). The minimum Gasteiger partial charge on any atom is -0.490 e. The van der Waals surface area contributed by atoms with Crippen molar-refractivity contribution in [3.8, 4) is 22.1 Å². The first kappa shape index (κ1) is 18.5. The predicted molar refractivity (Wildman–Crippen MR) is 110 cm³/mol. The first-order chi connectivity index (χ1) is 13.6. The summed E-state index contributed by atoms with van der Waals surface area (Å²) in [5.41, 5.74) is 3.16. The Labute approximate surface area is 168 Å². The Bertz CT molecular complexity index is 985. The molecule has 144 valence electrons. The van der Waals surface area contributed by atoms with Crippen molar-refractivity contribution in [1.29, 1.82) is 0 Å². The van der Waals surface area contributed by atoms with Crippen molar-refractivity contribution in [1.82, 2.24) is 10.3 Å². The van der Waals surface area contributed by atoms with Crippen LogP contribution in [0.15, 0.2) is 47.8 Å². The number of thiophene rings is 1. The number of nitrogens with zero attached hydrogens (tertiary/aromatic N) is 1. The van der Waals surface area contributed by atoms with Crippen molar-refractivity contribution in [3.05, 3.63) is 64.7 Å². The molecule has 2 aromatic heterocycles. The number of hydrogen-bond donors (Lipinski definition) is 1. The van der Waals surface area contributed by atoms with Crippen LogP contribution in [0.3, 0.4) is 0 Å². The van der Waals surface area contributed by atoms with Gasteiger partial charge in [0.2, 0.25) is 0 Å². The molecule has 4 rings (SSSR count). The number of carbonyl (C=O) groups is 1. The summed E-state index contributed by atoms with van der Waals surface area (Å²) in [7, 11) is 0. The largest absolute Gasteiger partial charge is 0.490 e. The van der Waals surface area contributed by atoms with Crippen LogP contribution in [0.25, 0.3) is 10.6 Å². The molecule has 1 amide bonds. The summed E-state index contributed by atoms with van der Waals surface area (Å²) in [6.07, 6.45) is 0.865. The summed E-state index contributed by atoms with van der Waals surface area (Å²) in [5.74, 6) is 1.35. The van der Waals surface area contributed by atoms with E-state index >= 15 is 0 Å². The summed E-state index contributed by atoms with van der Waals surface area (Å²) < 4.78 is 11.4. The van der Waals surface area contributed by atoms with Crippen molar-refractivity contribution < 1.29 is 14.3 Å². The molecule has 1 aliphatic rings. The Kier molecular flexibility index (Phi) is 5.30. The van der Waals surface area contributed by atoms with Crippen LogP contribution in [0.1, 0.15) is 41.0 Å². The van der Waals surface area contributed by atoms with E-state index < -0.39 is 0 Å². The van der Waals surface area contributed by atoms with Gasteiger partial charge in [0, 0.05) is 6.42 Å². The van der Waals surface area contributed by atoms with E-state index in [1.807, 2.05) is 61.7 Å². The van der Waals surface area contributed by atoms with E-state index in [0.29, 0.717) is 24.5 Å². The van der Waals surface area contributed by atoms with Gasteiger partial charge in [-0.1, -0.05) is 12.1 Å². The van der Waals surface area contributed by atoms with Gasteiger partial charge in [0.25, 0.3) is 5.91 Å². The third kappa shape index (κ3) is 3.87. The van der Waals surface area contributed by atoms with E-state index in [1.54, 1.807) is 11.3 Å². The topological polar surface area (TPSA) is 60.5 Å². The second-order valence-electron chi connectivity index (χ2n) is 6.76. The van der Waals surface area contributed by atoms with Crippen LogP contribution >= 0.6 is 11.3 Å². The van der Waals surface area contributed by atoms with Gasteiger partial charge in [0.05, 0.1) is 41.1 Å². The minimum atomic E-state index is -0.166. The maximum Gasteiger partial charge on any atom is 0.253 e. The highest BCUT2D eigenvalue weighted by atomic mass is 32.1. The molecule has 3 aromatic rings. The lowest BCUT2D eigenvalue weighted by Gasteiger charge is -2.17. The zero-order valence-electron chi connectivity index (χ0n) is 15.9. The summed E-state index contributed by atoms with van der Waals surface area (Å²) in [4.78, 5) is 18.5. The third-order valence-electron chi connectivity index (χ3n) is 4.72. The molecule has 1 aromatic carbocycles. The highest BCUT2D eigenvalue weighted by molar-refractivity contribution is 7.13. The molecule has 0 saturated heterocycles. The summed E-state index contributed by atoms with van der Waals surface area (Å²) in [6.45, 7) is 5.12. The van der Waals surface area contributed by atoms with Crippen molar-refractivity contribution in [2.24, 2.45) is 0 Å². The lowest BCUT2D eigenvalue weighted by molar-refractivity contribution is 0.0939. The van der Waals surface area contributed by atoms with E-state index in [2.05, 4.69) is 10.3 Å². The molecule has 1 atom stereocenters. The number of pyridine rings is 1. The molecule has 1 aliphatic heterocycles. The molecule has 28 heavy (non-hydrogen) atoms. The van der Waals surface area contributed by atoms with Crippen LogP contribution in [0.2, 0.25) is 0 Å². The number of amides is 1. The van der Waals surface area contributed by atoms with E-state index in [1.165, 1.54) is 0 Å². The first-order valence-corrected chi connectivity index (χ1v) is 10.2. The summed E-state index contributed by atoms with van der Waals surface area (Å²) in [5, 5.41) is 5.08. The zero-order chi connectivity index (χ0) is 19.5. The van der Waals surface area contributed by atoms with Gasteiger partial charge in [-0.15, -0.1) is 11.3 Å². The fourth-order valence-corrected chi connectivity index (χ4v) is 3.86. The van der Waals surface area contributed by atoms with E-state index in [-0.39, 0.29) is 11.9 Å². The van der Waals surface area contributed by atoms with Gasteiger partial charge in [0.1, 0.15) is 0 Å². The van der Waals surface area contributed by atoms with Crippen molar-refractivity contribution in [3.63, 3.8) is 0 Å². The Balaban J connectivity index is 1.49. The fraction of sp³-hybridized carbons (Fsp3) is 0.273. The number of nitrogens with one attached hydrogen (secondary N) is 1. The lowest BCUT2D eigenvalue weighted by Crippen LogP contribution is -2.27. The average molecular weight is 394 g/mol. The Morgan fingerprint density at radius 2 is 1.96 bits per heavy atom. The van der Waals surface area contributed by atoms with Crippen LogP contribution < -0.4 is 14.8 Å². The lowest BCUT2D eigenvalue weighted by atomic mass is 10.1. The smallest absolute Gasteiger partial charge is 0.253 e. The van der Waals surface area contributed by atoms with Gasteiger partial charge in [-0.25, -0.2) is 0 Å². The van der Waals surface area contributed by atoms with Gasteiger partial charge < -0.3 is 14.8 Å². The van der Waals surface area contributed by atoms with Gasteiger partial charge in [-0.05, 0) is 55.1 Å². The molecule has 1 N–H and O–H groups in total. The normalized spacial score (nSPS) is 14.2. The number of rotatable bonds is 4. The highest BCUT2D eigenvalue weighted by Gasteiger charge is 2.17. The Morgan fingerprint density at radius 3 is 2.71 bits per heavy atom. The molecular weight excluding hydrogens is 372 g/mol. The summed E-state index contributed by atoms with van der Waals surface area (Å²) in [6, 6.07) is 13.4. The van der Waals surface area contributed by atoms with Gasteiger partial charge in [-0.2, -0.15) is 0 Å². The predicted octanol–water partition coefficient (Wildman–Crippen LogP) is 4.77. The van der Waals surface area contributed by atoms with E-state index in [9.17, 15) is 4.79 Å². The monoisotopic (exact) mass is 394 g/mol. The molecule has 6 heteroatoms. The van der Waals surface area contributed by atoms with Crippen LogP contribution in [0.5, 0.6) is 11.5 Å². The molecule has 5 nitrogen and oxygen atoms in total. The second kappa shape index (κ2) is 8.02. The maximum atomic E-state index is 12.8. The number of hydrogen-bond acceptors (Lipinski definition) is 5. The first-order valence-electron chi connectivity index (χ1n) is 9.34. The van der Waals surface area contributed by atoms with Crippen LogP contribution in [0, 0.1) is 6.92 Å². The molecule has 0 spiro atoms. The molecule has 0 radical (unpaired) electrons. The quantitative estimate of drug-likeness (QED) is 0.692. The number of aryl methyl sites for hydroxylation is 1. The second-order valence-corrected chi connectivity index (χ2v) is 7.71. The molecule has 3 heterocycles. The van der Waals surface area contributed by atoms with Gasteiger partial charge >= 0.3 is 0 Å². The maximum absolute atomic E-state index is 12.8. The molecule has 0 fully saturated rings. The number of carbonyl (C=O) groups excluding carboxylic acids is 1. The third-order valence-corrected chi connectivity index (χ3v) is 5.62. The molecule has 0 bridgehead atoms. The molecule has 0 saturated carbocycles. The minimum absolute atomic E-state index is 0.137. The average Bonchev–Trinajstić information content (AvgIpc) is 3.13. The Hall–Kier alpha value is -2.86. The number of fused-ring (bicyclic) bond motifs is 1. The fourth-order valence-electron chi connectivity index (χ4n) is 3.17. The Morgan fingerprint density at radius 1 is 1.14 bits per heavy atom. The van der Waals surface area contributed by atoms with E-state index in [0.717, 1.165) is 34.1 Å². The van der Waals surface area contributed by atoms with Crippen LogP contribution in [0.4, 0.5) is 0 Å². The van der Waals surface area contributed by atoms with Gasteiger partial charge in [0.15, 0.2) is 11.5 Å².